The fourth-order valence-electron chi connectivity index (χ4n) is 2.62. The summed E-state index contributed by atoms with van der Waals surface area (Å²) in [7, 11) is 0. The maximum atomic E-state index is 14.1. The highest BCUT2D eigenvalue weighted by molar-refractivity contribution is 6.32. The van der Waals surface area contributed by atoms with Gasteiger partial charge in [-0.05, 0) is 25.0 Å². The Labute approximate surface area is 137 Å². The molecule has 0 saturated carbocycles. The van der Waals surface area contributed by atoms with Crippen molar-refractivity contribution in [3.05, 3.63) is 34.1 Å². The molecule has 1 aromatic carbocycles. The molecule has 0 aliphatic carbocycles. The van der Waals surface area contributed by atoms with Crippen molar-refractivity contribution in [2.75, 3.05) is 26.2 Å². The van der Waals surface area contributed by atoms with Crippen molar-refractivity contribution in [3.63, 3.8) is 0 Å². The Morgan fingerprint density at radius 2 is 1.90 bits per heavy atom. The number of hydrogen-bond acceptors (Lipinski definition) is 2. The van der Waals surface area contributed by atoms with Crippen LogP contribution in [0.15, 0.2) is 12.1 Å². The quantitative estimate of drug-likeness (QED) is 0.893. The molecule has 1 aliphatic heterocycles. The smallest absolute Gasteiger partial charge is 0.129 e. The van der Waals surface area contributed by atoms with Crippen molar-refractivity contribution in [3.8, 4) is 0 Å². The molecule has 1 saturated heterocycles. The molecule has 1 aromatic rings. The van der Waals surface area contributed by atoms with Crippen LogP contribution in [0.4, 0.5) is 4.39 Å². The summed E-state index contributed by atoms with van der Waals surface area (Å²) in [6.07, 6.45) is 0.875. The molecular weight excluding hydrogens is 322 g/mol. The molecule has 0 aromatic heterocycles. The molecule has 116 valence electrons. The van der Waals surface area contributed by atoms with Crippen LogP contribution < -0.4 is 5.32 Å². The van der Waals surface area contributed by atoms with Crippen LogP contribution in [-0.4, -0.2) is 31.1 Å². The average Bonchev–Trinajstić information content (AvgIpc) is 2.40. The van der Waals surface area contributed by atoms with Crippen LogP contribution in [0.2, 0.25) is 5.02 Å². The molecule has 1 fully saturated rings. The molecule has 0 amide bonds. The van der Waals surface area contributed by atoms with Crippen LogP contribution in [0, 0.1) is 12.7 Å². The maximum absolute atomic E-state index is 14.1. The molecule has 1 heterocycles. The molecule has 0 unspecified atom stereocenters. The van der Waals surface area contributed by atoms with Crippen LogP contribution >= 0.6 is 36.4 Å². The van der Waals surface area contributed by atoms with Crippen LogP contribution in [0.5, 0.6) is 0 Å². The van der Waals surface area contributed by atoms with E-state index in [9.17, 15) is 4.39 Å². The van der Waals surface area contributed by atoms with Gasteiger partial charge in [0.05, 0.1) is 5.02 Å². The fraction of sp³-hybridized carbons (Fsp3) is 0.571. The lowest BCUT2D eigenvalue weighted by Gasteiger charge is -2.35. The second-order valence-electron chi connectivity index (χ2n) is 4.80. The average molecular weight is 344 g/mol. The highest BCUT2D eigenvalue weighted by atomic mass is 35.5. The lowest BCUT2D eigenvalue weighted by atomic mass is 9.99. The highest BCUT2D eigenvalue weighted by Crippen LogP contribution is 2.34. The van der Waals surface area contributed by atoms with Gasteiger partial charge in [0.15, 0.2) is 0 Å². The first-order valence-corrected chi connectivity index (χ1v) is 6.92. The summed E-state index contributed by atoms with van der Waals surface area (Å²) in [6, 6.07) is 3.35. The zero-order valence-electron chi connectivity index (χ0n) is 11.8. The second-order valence-corrected chi connectivity index (χ2v) is 5.18. The third-order valence-electron chi connectivity index (χ3n) is 3.63. The van der Waals surface area contributed by atoms with E-state index >= 15 is 0 Å². The summed E-state index contributed by atoms with van der Waals surface area (Å²) < 4.78 is 14.1. The normalized spacial score (nSPS) is 17.0. The predicted molar refractivity (Wildman–Crippen MR) is 88.1 cm³/mol. The molecule has 0 spiro atoms. The van der Waals surface area contributed by atoms with Gasteiger partial charge < -0.3 is 5.32 Å². The summed E-state index contributed by atoms with van der Waals surface area (Å²) in [4.78, 5) is 2.32. The van der Waals surface area contributed by atoms with Gasteiger partial charge in [-0.3, -0.25) is 4.90 Å². The Balaban J connectivity index is 0.00000180. The molecule has 0 bridgehead atoms. The molecular formula is C14H22Cl3FN2. The number of hydrogen-bond donors (Lipinski definition) is 1. The third kappa shape index (κ3) is 4.22. The Morgan fingerprint density at radius 3 is 2.45 bits per heavy atom. The molecule has 1 aliphatic rings. The lowest BCUT2D eigenvalue weighted by molar-refractivity contribution is 0.166. The predicted octanol–water partition coefficient (Wildman–Crippen LogP) is 3.99. The van der Waals surface area contributed by atoms with E-state index in [1.807, 2.05) is 6.92 Å². The van der Waals surface area contributed by atoms with E-state index in [-0.39, 0.29) is 36.7 Å². The van der Waals surface area contributed by atoms with Gasteiger partial charge in [0.25, 0.3) is 0 Å². The molecule has 6 heteroatoms. The molecule has 20 heavy (non-hydrogen) atoms. The van der Waals surface area contributed by atoms with Crippen molar-refractivity contribution in [1.29, 1.82) is 0 Å². The number of halogens is 4. The number of nitrogens with one attached hydrogen (secondary N) is 1. The number of aryl methyl sites for hydroxylation is 1. The first kappa shape index (κ1) is 19.9. The molecule has 1 N–H and O–H groups in total. The Hall–Kier alpha value is -0.0600. The summed E-state index contributed by atoms with van der Waals surface area (Å²) >= 11 is 6.31. The maximum Gasteiger partial charge on any atom is 0.129 e. The summed E-state index contributed by atoms with van der Waals surface area (Å²) in [5.41, 5.74) is 1.61. The zero-order chi connectivity index (χ0) is 13.1. The highest BCUT2D eigenvalue weighted by Gasteiger charge is 2.25. The van der Waals surface area contributed by atoms with Crippen LogP contribution in [0.3, 0.4) is 0 Å². The number of piperazine rings is 1. The molecule has 2 nitrogen and oxygen atoms in total. The standard InChI is InChI=1S/C14H20ClFN2.2ClH/c1-3-12(18-8-6-17-7-9-18)13-11(16)5-4-10(2)14(13)15;;/h4-5,12,17H,3,6-9H2,1-2H3;2*1H/t12-;;/m0../s1. The zero-order valence-corrected chi connectivity index (χ0v) is 14.2. The van der Waals surface area contributed by atoms with Gasteiger partial charge in [0.2, 0.25) is 0 Å². The van der Waals surface area contributed by atoms with Crippen LogP contribution in [-0.2, 0) is 0 Å². The van der Waals surface area contributed by atoms with Crippen molar-refractivity contribution >= 4 is 36.4 Å². The number of rotatable bonds is 3. The Morgan fingerprint density at radius 1 is 1.30 bits per heavy atom. The van der Waals surface area contributed by atoms with E-state index in [4.69, 9.17) is 11.6 Å². The largest absolute Gasteiger partial charge is 0.314 e. The van der Waals surface area contributed by atoms with Crippen molar-refractivity contribution < 1.29 is 4.39 Å². The molecule has 0 radical (unpaired) electrons. The van der Waals surface area contributed by atoms with Crippen molar-refractivity contribution in [1.82, 2.24) is 10.2 Å². The van der Waals surface area contributed by atoms with Gasteiger partial charge in [-0.15, -0.1) is 24.8 Å². The van der Waals surface area contributed by atoms with E-state index in [1.54, 1.807) is 6.07 Å². The van der Waals surface area contributed by atoms with Gasteiger partial charge in [-0.1, -0.05) is 24.6 Å². The third-order valence-corrected chi connectivity index (χ3v) is 4.13. The van der Waals surface area contributed by atoms with Crippen molar-refractivity contribution in [2.24, 2.45) is 0 Å². The monoisotopic (exact) mass is 342 g/mol. The number of benzene rings is 1. The van der Waals surface area contributed by atoms with Crippen LogP contribution in [0.25, 0.3) is 0 Å². The van der Waals surface area contributed by atoms with Crippen molar-refractivity contribution in [2.45, 2.75) is 26.3 Å². The van der Waals surface area contributed by atoms with Gasteiger partial charge >= 0.3 is 0 Å². The minimum absolute atomic E-state index is 0. The Bertz CT molecular complexity index is 423. The summed E-state index contributed by atoms with van der Waals surface area (Å²) in [5.74, 6) is -0.184. The minimum atomic E-state index is -0.184. The first-order chi connectivity index (χ1) is 8.65. The van der Waals surface area contributed by atoms with Gasteiger partial charge in [0, 0.05) is 37.8 Å². The van der Waals surface area contributed by atoms with Crippen LogP contribution in [0.1, 0.15) is 30.5 Å². The van der Waals surface area contributed by atoms with E-state index < -0.39 is 0 Å². The molecule has 1 atom stereocenters. The second kappa shape index (κ2) is 9.06. The van der Waals surface area contributed by atoms with E-state index in [0.29, 0.717) is 10.6 Å². The van der Waals surface area contributed by atoms with Gasteiger partial charge in [0.1, 0.15) is 5.82 Å². The van der Waals surface area contributed by atoms with E-state index in [0.717, 1.165) is 38.2 Å². The van der Waals surface area contributed by atoms with Gasteiger partial charge in [-0.2, -0.15) is 0 Å². The minimum Gasteiger partial charge on any atom is -0.314 e. The molecule has 2 rings (SSSR count). The van der Waals surface area contributed by atoms with E-state index in [1.165, 1.54) is 6.07 Å². The first-order valence-electron chi connectivity index (χ1n) is 6.54. The fourth-order valence-corrected chi connectivity index (χ4v) is 2.90. The summed E-state index contributed by atoms with van der Waals surface area (Å²) in [5, 5.41) is 3.90. The lowest BCUT2D eigenvalue weighted by Crippen LogP contribution is -2.45. The van der Waals surface area contributed by atoms with Gasteiger partial charge in [-0.25, -0.2) is 4.39 Å². The van der Waals surface area contributed by atoms with E-state index in [2.05, 4.69) is 17.1 Å². The number of nitrogens with zero attached hydrogens (tertiary/aromatic N) is 1. The SMILES string of the molecule is CC[C@@H](c1c(F)ccc(C)c1Cl)N1CCNCC1.Cl.Cl. The summed E-state index contributed by atoms with van der Waals surface area (Å²) in [6.45, 7) is 7.83. The topological polar surface area (TPSA) is 15.3 Å². The Kier molecular flexibility index (Phi) is 9.03.